The van der Waals surface area contributed by atoms with Crippen LogP contribution >= 0.6 is 0 Å². The summed E-state index contributed by atoms with van der Waals surface area (Å²) in [5, 5.41) is 12.7. The molecule has 0 aliphatic carbocycles. The van der Waals surface area contributed by atoms with Crippen molar-refractivity contribution in [3.8, 4) is 5.88 Å². The number of fused-ring (bicyclic) bond motifs is 1. The highest BCUT2D eigenvalue weighted by molar-refractivity contribution is 5.78. The van der Waals surface area contributed by atoms with E-state index < -0.39 is 11.4 Å². The summed E-state index contributed by atoms with van der Waals surface area (Å²) in [7, 11) is 1.54. The lowest BCUT2D eigenvalue weighted by Gasteiger charge is -2.23. The summed E-state index contributed by atoms with van der Waals surface area (Å²) in [6.45, 7) is 2.33. The van der Waals surface area contributed by atoms with Gasteiger partial charge in [0.25, 0.3) is 5.88 Å². The number of hydrogen-bond acceptors (Lipinski definition) is 6. The molecule has 3 heterocycles. The van der Waals surface area contributed by atoms with E-state index in [0.29, 0.717) is 31.3 Å². The van der Waals surface area contributed by atoms with Crippen molar-refractivity contribution in [2.75, 3.05) is 38.2 Å². The van der Waals surface area contributed by atoms with E-state index in [1.165, 1.54) is 0 Å². The Labute approximate surface area is 110 Å². The van der Waals surface area contributed by atoms with Crippen molar-refractivity contribution < 1.29 is 14.6 Å². The fourth-order valence-corrected chi connectivity index (χ4v) is 3.06. The Bertz CT molecular complexity index is 510. The summed E-state index contributed by atoms with van der Waals surface area (Å²) >= 11 is 0. The third-order valence-electron chi connectivity index (χ3n) is 4.09. The molecule has 2 aliphatic heterocycles. The van der Waals surface area contributed by atoms with Crippen molar-refractivity contribution in [2.24, 2.45) is 11.3 Å². The molecule has 3 rings (SSSR count). The number of carbonyl (C=O) groups is 1. The van der Waals surface area contributed by atoms with Crippen LogP contribution in [0.1, 0.15) is 0 Å². The highest BCUT2D eigenvalue weighted by Gasteiger charge is 2.55. The molecule has 7 nitrogen and oxygen atoms in total. The minimum atomic E-state index is -0.743. The van der Waals surface area contributed by atoms with Gasteiger partial charge < -0.3 is 20.1 Å². The Hall–Kier alpha value is -1.89. The van der Waals surface area contributed by atoms with Gasteiger partial charge in [0, 0.05) is 44.5 Å². The molecule has 0 saturated carbocycles. The Morgan fingerprint density at radius 1 is 1.58 bits per heavy atom. The van der Waals surface area contributed by atoms with Crippen molar-refractivity contribution >= 4 is 11.8 Å². The number of rotatable bonds is 3. The third kappa shape index (κ3) is 1.73. The molecule has 2 aliphatic rings. The number of aliphatic carboxylic acids is 1. The van der Waals surface area contributed by atoms with Gasteiger partial charge in [0.2, 0.25) is 0 Å². The lowest BCUT2D eigenvalue weighted by Crippen LogP contribution is -2.40. The molecule has 1 aromatic rings. The summed E-state index contributed by atoms with van der Waals surface area (Å²) in [6.07, 6.45) is 3.16. The van der Waals surface area contributed by atoms with E-state index in [9.17, 15) is 9.90 Å². The number of anilines is 1. The fourth-order valence-electron chi connectivity index (χ4n) is 3.06. The van der Waals surface area contributed by atoms with Crippen LogP contribution in [0.5, 0.6) is 5.88 Å². The SMILES string of the molecule is COc1nccnc1N1C[C@@H]2CNC[C@]2(C(=O)O)C1. The molecule has 0 aromatic carbocycles. The smallest absolute Gasteiger partial charge is 0.313 e. The first-order chi connectivity index (χ1) is 9.17. The predicted octanol–water partition coefficient (Wildman–Crippen LogP) is -0.404. The lowest BCUT2D eigenvalue weighted by atomic mass is 9.81. The van der Waals surface area contributed by atoms with Gasteiger partial charge in [0.15, 0.2) is 5.82 Å². The number of nitrogens with zero attached hydrogens (tertiary/aromatic N) is 3. The molecule has 0 amide bonds. The zero-order valence-corrected chi connectivity index (χ0v) is 10.7. The highest BCUT2D eigenvalue weighted by atomic mass is 16.5. The maximum absolute atomic E-state index is 11.6. The number of hydrogen-bond donors (Lipinski definition) is 2. The van der Waals surface area contributed by atoms with Crippen molar-refractivity contribution in [2.45, 2.75) is 0 Å². The van der Waals surface area contributed by atoms with Crippen molar-refractivity contribution in [3.63, 3.8) is 0 Å². The molecular weight excluding hydrogens is 248 g/mol. The zero-order chi connectivity index (χ0) is 13.5. The van der Waals surface area contributed by atoms with E-state index in [0.717, 1.165) is 6.54 Å². The average Bonchev–Trinajstić information content (AvgIpc) is 2.96. The highest BCUT2D eigenvalue weighted by Crippen LogP contribution is 2.42. The summed E-state index contributed by atoms with van der Waals surface area (Å²) in [5.41, 5.74) is -0.720. The van der Waals surface area contributed by atoms with Gasteiger partial charge in [-0.1, -0.05) is 0 Å². The van der Waals surface area contributed by atoms with Gasteiger partial charge in [-0.15, -0.1) is 0 Å². The molecule has 1 aromatic heterocycles. The summed E-state index contributed by atoms with van der Waals surface area (Å²) in [4.78, 5) is 22.0. The number of methoxy groups -OCH3 is 1. The lowest BCUT2D eigenvalue weighted by molar-refractivity contribution is -0.148. The first-order valence-electron chi connectivity index (χ1n) is 6.21. The number of nitrogens with one attached hydrogen (secondary N) is 1. The number of carboxylic acids is 1. The maximum Gasteiger partial charge on any atom is 0.313 e. The van der Waals surface area contributed by atoms with Gasteiger partial charge in [0.1, 0.15) is 5.41 Å². The largest absolute Gasteiger partial charge is 0.481 e. The van der Waals surface area contributed by atoms with Gasteiger partial charge in [-0.25, -0.2) is 9.97 Å². The van der Waals surface area contributed by atoms with Crippen LogP contribution in [0.4, 0.5) is 5.82 Å². The second kappa shape index (κ2) is 4.34. The van der Waals surface area contributed by atoms with Crippen molar-refractivity contribution in [3.05, 3.63) is 12.4 Å². The van der Waals surface area contributed by atoms with E-state index in [1.807, 2.05) is 4.90 Å². The second-order valence-electron chi connectivity index (χ2n) is 5.06. The molecule has 2 N–H and O–H groups in total. The number of carboxylic acid groups (broad SMARTS) is 1. The predicted molar refractivity (Wildman–Crippen MR) is 67.2 cm³/mol. The molecule has 0 radical (unpaired) electrons. The van der Waals surface area contributed by atoms with Crippen LogP contribution in [0.2, 0.25) is 0 Å². The average molecular weight is 264 g/mol. The maximum atomic E-state index is 11.6. The molecule has 0 spiro atoms. The Balaban J connectivity index is 1.92. The molecule has 19 heavy (non-hydrogen) atoms. The third-order valence-corrected chi connectivity index (χ3v) is 4.09. The van der Waals surface area contributed by atoms with Gasteiger partial charge >= 0.3 is 5.97 Å². The molecule has 2 saturated heterocycles. The molecule has 102 valence electrons. The first-order valence-corrected chi connectivity index (χ1v) is 6.21. The van der Waals surface area contributed by atoms with Gasteiger partial charge in [-0.2, -0.15) is 0 Å². The Kier molecular flexibility index (Phi) is 2.78. The van der Waals surface area contributed by atoms with E-state index in [-0.39, 0.29) is 5.92 Å². The molecular formula is C12H16N4O3. The fraction of sp³-hybridized carbons (Fsp3) is 0.583. The first kappa shape index (κ1) is 12.2. The monoisotopic (exact) mass is 264 g/mol. The molecule has 0 unspecified atom stereocenters. The molecule has 2 atom stereocenters. The Morgan fingerprint density at radius 2 is 2.37 bits per heavy atom. The second-order valence-corrected chi connectivity index (χ2v) is 5.06. The van der Waals surface area contributed by atoms with Crippen LogP contribution < -0.4 is 15.0 Å². The zero-order valence-electron chi connectivity index (χ0n) is 10.7. The van der Waals surface area contributed by atoms with Crippen LogP contribution in [-0.2, 0) is 4.79 Å². The number of aromatic nitrogens is 2. The van der Waals surface area contributed by atoms with Crippen molar-refractivity contribution in [1.29, 1.82) is 0 Å². The molecule has 7 heteroatoms. The van der Waals surface area contributed by atoms with E-state index >= 15 is 0 Å². The van der Waals surface area contributed by atoms with Crippen LogP contribution in [0, 0.1) is 11.3 Å². The van der Waals surface area contributed by atoms with Crippen LogP contribution in [0.3, 0.4) is 0 Å². The van der Waals surface area contributed by atoms with Crippen LogP contribution in [-0.4, -0.2) is 54.3 Å². The number of ether oxygens (including phenoxy) is 1. The van der Waals surface area contributed by atoms with Gasteiger partial charge in [-0.3, -0.25) is 4.79 Å². The summed E-state index contributed by atoms with van der Waals surface area (Å²) in [5.74, 6) is 0.417. The topological polar surface area (TPSA) is 87.6 Å². The summed E-state index contributed by atoms with van der Waals surface area (Å²) in [6, 6.07) is 0. The van der Waals surface area contributed by atoms with Crippen molar-refractivity contribution in [1.82, 2.24) is 15.3 Å². The minimum absolute atomic E-state index is 0.0942. The Morgan fingerprint density at radius 3 is 3.05 bits per heavy atom. The molecule has 0 bridgehead atoms. The van der Waals surface area contributed by atoms with Crippen LogP contribution in [0.15, 0.2) is 12.4 Å². The minimum Gasteiger partial charge on any atom is -0.481 e. The normalized spacial score (nSPS) is 29.3. The van der Waals surface area contributed by atoms with E-state index in [2.05, 4.69) is 15.3 Å². The van der Waals surface area contributed by atoms with Gasteiger partial charge in [0.05, 0.1) is 7.11 Å². The van der Waals surface area contributed by atoms with E-state index in [1.54, 1.807) is 19.5 Å². The standard InChI is InChI=1S/C12H16N4O3/c1-19-10-9(14-2-3-15-10)16-5-8-4-13-6-12(8,7-16)11(17)18/h2-3,8,13H,4-7H2,1H3,(H,17,18)/t8-,12-/m0/s1. The molecule has 2 fully saturated rings. The van der Waals surface area contributed by atoms with Gasteiger partial charge in [-0.05, 0) is 0 Å². The van der Waals surface area contributed by atoms with E-state index in [4.69, 9.17) is 4.74 Å². The van der Waals surface area contributed by atoms with Crippen LogP contribution in [0.25, 0.3) is 0 Å². The summed E-state index contributed by atoms with van der Waals surface area (Å²) < 4.78 is 5.19. The quantitative estimate of drug-likeness (QED) is 0.767.